The summed E-state index contributed by atoms with van der Waals surface area (Å²) in [5.41, 5.74) is 0.322. The molecule has 0 saturated carbocycles. The van der Waals surface area contributed by atoms with Gasteiger partial charge in [0.15, 0.2) is 5.69 Å². The van der Waals surface area contributed by atoms with E-state index < -0.39 is 17.9 Å². The molecule has 0 aliphatic carbocycles. The molecule has 2 aromatic rings. The van der Waals surface area contributed by atoms with Crippen molar-refractivity contribution >= 4 is 34.9 Å². The number of fused-ring (bicyclic) bond motifs is 1. The number of halogens is 5. The Bertz CT molecular complexity index is 1010. The topological polar surface area (TPSA) is 50.2 Å². The highest BCUT2D eigenvalue weighted by Crippen LogP contribution is 2.41. The standard InChI is InChI=1S/C19H17Cl2F3N4O/c1-10-16(18(29)27-6-2-3-7-27)17(11-4-5-12(20)13(21)8-11)28-15(25-10)9-14(26-28)19(22,23)24/h4-5,8-9,17,25H,2-3,6-7H2,1H3. The van der Waals surface area contributed by atoms with Gasteiger partial charge in [0.25, 0.3) is 5.91 Å². The number of nitrogens with zero attached hydrogens (tertiary/aromatic N) is 3. The van der Waals surface area contributed by atoms with E-state index in [-0.39, 0.29) is 16.7 Å². The molecule has 4 rings (SSSR count). The fourth-order valence-electron chi connectivity index (χ4n) is 3.77. The fraction of sp³-hybridized carbons (Fsp3) is 0.368. The Kier molecular flexibility index (Phi) is 5.02. The highest BCUT2D eigenvalue weighted by atomic mass is 35.5. The van der Waals surface area contributed by atoms with Crippen LogP contribution in [-0.2, 0) is 11.0 Å². The van der Waals surface area contributed by atoms with Crippen LogP contribution in [0.1, 0.15) is 37.1 Å². The smallest absolute Gasteiger partial charge is 0.344 e. The molecule has 3 heterocycles. The predicted octanol–water partition coefficient (Wildman–Crippen LogP) is 5.12. The summed E-state index contributed by atoms with van der Waals surface area (Å²) < 4.78 is 41.1. The number of anilines is 1. The summed E-state index contributed by atoms with van der Waals surface area (Å²) in [5.74, 6) is -0.0675. The van der Waals surface area contributed by atoms with Gasteiger partial charge in [0.05, 0.1) is 15.6 Å². The van der Waals surface area contributed by atoms with E-state index in [0.717, 1.165) is 18.9 Å². The number of alkyl halides is 3. The summed E-state index contributed by atoms with van der Waals surface area (Å²) in [4.78, 5) is 15.0. The maximum Gasteiger partial charge on any atom is 0.435 e. The van der Waals surface area contributed by atoms with E-state index in [1.54, 1.807) is 30.0 Å². The van der Waals surface area contributed by atoms with Gasteiger partial charge in [-0.1, -0.05) is 29.3 Å². The second kappa shape index (κ2) is 7.25. The average molecular weight is 445 g/mol. The van der Waals surface area contributed by atoms with Gasteiger partial charge in [-0.2, -0.15) is 18.3 Å². The molecule has 154 valence electrons. The molecule has 5 nitrogen and oxygen atoms in total. The summed E-state index contributed by atoms with van der Waals surface area (Å²) in [6.07, 6.45) is -2.82. The van der Waals surface area contributed by atoms with Gasteiger partial charge in [0.1, 0.15) is 11.9 Å². The van der Waals surface area contributed by atoms with E-state index in [1.807, 2.05) is 0 Å². The van der Waals surface area contributed by atoms with Crippen molar-refractivity contribution in [2.24, 2.45) is 0 Å². The van der Waals surface area contributed by atoms with Crippen molar-refractivity contribution in [3.05, 3.63) is 56.8 Å². The minimum Gasteiger partial charge on any atom is -0.344 e. The number of carbonyl (C=O) groups excluding carboxylic acids is 1. The van der Waals surface area contributed by atoms with Gasteiger partial charge in [-0.25, -0.2) is 4.68 Å². The van der Waals surface area contributed by atoms with Crippen LogP contribution >= 0.6 is 23.2 Å². The number of hydrogen-bond acceptors (Lipinski definition) is 3. The fourth-order valence-corrected chi connectivity index (χ4v) is 4.07. The van der Waals surface area contributed by atoms with Crippen LogP contribution in [0.25, 0.3) is 0 Å². The zero-order chi connectivity index (χ0) is 20.9. The second-order valence-electron chi connectivity index (χ2n) is 7.10. The molecular weight excluding hydrogens is 428 g/mol. The summed E-state index contributed by atoms with van der Waals surface area (Å²) in [7, 11) is 0. The van der Waals surface area contributed by atoms with Crippen LogP contribution in [0.5, 0.6) is 0 Å². The summed E-state index contributed by atoms with van der Waals surface area (Å²) >= 11 is 12.2. The predicted molar refractivity (Wildman–Crippen MR) is 104 cm³/mol. The van der Waals surface area contributed by atoms with Crippen LogP contribution < -0.4 is 5.32 Å². The Morgan fingerprint density at radius 2 is 1.86 bits per heavy atom. The number of carbonyl (C=O) groups is 1. The molecule has 1 aromatic heterocycles. The first-order chi connectivity index (χ1) is 13.7. The van der Waals surface area contributed by atoms with Crippen LogP contribution in [0, 0.1) is 0 Å². The maximum absolute atomic E-state index is 13.3. The van der Waals surface area contributed by atoms with Crippen molar-refractivity contribution in [2.75, 3.05) is 18.4 Å². The Morgan fingerprint density at radius 1 is 1.17 bits per heavy atom. The van der Waals surface area contributed by atoms with Crippen LogP contribution in [0.4, 0.5) is 19.0 Å². The van der Waals surface area contributed by atoms with Crippen molar-refractivity contribution < 1.29 is 18.0 Å². The molecule has 1 amide bonds. The monoisotopic (exact) mass is 444 g/mol. The lowest BCUT2D eigenvalue weighted by Crippen LogP contribution is -2.36. The third kappa shape index (κ3) is 3.59. The van der Waals surface area contributed by atoms with Crippen LogP contribution in [0.2, 0.25) is 10.0 Å². The van der Waals surface area contributed by atoms with Crippen molar-refractivity contribution in [3.8, 4) is 0 Å². The Morgan fingerprint density at radius 3 is 2.48 bits per heavy atom. The Hall–Kier alpha value is -2.19. The SMILES string of the molecule is CC1=C(C(=O)N2CCCC2)C(c2ccc(Cl)c(Cl)c2)n2nc(C(F)(F)F)cc2N1. The molecule has 1 atom stereocenters. The van der Waals surface area contributed by atoms with Gasteiger partial charge in [-0.05, 0) is 37.5 Å². The van der Waals surface area contributed by atoms with Crippen molar-refractivity contribution in [1.82, 2.24) is 14.7 Å². The largest absolute Gasteiger partial charge is 0.435 e. The lowest BCUT2D eigenvalue weighted by atomic mass is 9.94. The van der Waals surface area contributed by atoms with Crippen LogP contribution in [0.15, 0.2) is 35.5 Å². The Labute approximate surface area is 175 Å². The summed E-state index contributed by atoms with van der Waals surface area (Å²) in [5, 5.41) is 7.24. The number of aromatic nitrogens is 2. The summed E-state index contributed by atoms with van der Waals surface area (Å²) in [6.45, 7) is 2.91. The number of nitrogens with one attached hydrogen (secondary N) is 1. The van der Waals surface area contributed by atoms with E-state index >= 15 is 0 Å². The highest BCUT2D eigenvalue weighted by molar-refractivity contribution is 6.42. The average Bonchev–Trinajstić information content (AvgIpc) is 3.31. The third-order valence-corrected chi connectivity index (χ3v) is 5.89. The van der Waals surface area contributed by atoms with Crippen LogP contribution in [0.3, 0.4) is 0 Å². The minimum absolute atomic E-state index is 0.156. The molecule has 2 aliphatic rings. The lowest BCUT2D eigenvalue weighted by molar-refractivity contribution is -0.141. The molecule has 29 heavy (non-hydrogen) atoms. The molecule has 1 fully saturated rings. The van der Waals surface area contributed by atoms with E-state index in [1.165, 1.54) is 4.68 Å². The van der Waals surface area contributed by atoms with Gasteiger partial charge >= 0.3 is 6.18 Å². The van der Waals surface area contributed by atoms with Gasteiger partial charge < -0.3 is 10.2 Å². The first-order valence-corrected chi connectivity index (χ1v) is 9.81. The number of benzene rings is 1. The maximum atomic E-state index is 13.3. The number of rotatable bonds is 2. The molecular formula is C19H17Cl2F3N4O. The van der Waals surface area contributed by atoms with Crippen molar-refractivity contribution in [3.63, 3.8) is 0 Å². The lowest BCUT2D eigenvalue weighted by Gasteiger charge is -2.31. The minimum atomic E-state index is -4.61. The highest BCUT2D eigenvalue weighted by Gasteiger charge is 2.40. The third-order valence-electron chi connectivity index (χ3n) is 5.15. The van der Waals surface area contributed by atoms with Crippen molar-refractivity contribution in [2.45, 2.75) is 32.0 Å². The van der Waals surface area contributed by atoms with Gasteiger partial charge in [-0.15, -0.1) is 0 Å². The van der Waals surface area contributed by atoms with E-state index in [0.29, 0.717) is 34.9 Å². The molecule has 1 N–H and O–H groups in total. The first kappa shape index (κ1) is 20.1. The number of likely N-dealkylation sites (tertiary alicyclic amines) is 1. The molecule has 10 heteroatoms. The molecule has 0 radical (unpaired) electrons. The molecule has 0 spiro atoms. The summed E-state index contributed by atoms with van der Waals surface area (Å²) in [6, 6.07) is 4.84. The van der Waals surface area contributed by atoms with E-state index in [4.69, 9.17) is 23.2 Å². The molecule has 1 saturated heterocycles. The number of amides is 1. The quantitative estimate of drug-likeness (QED) is 0.699. The van der Waals surface area contributed by atoms with Crippen molar-refractivity contribution in [1.29, 1.82) is 0 Å². The van der Waals surface area contributed by atoms with Gasteiger partial charge in [0, 0.05) is 24.9 Å². The number of allylic oxidation sites excluding steroid dienone is 1. The van der Waals surface area contributed by atoms with Gasteiger partial charge in [0.2, 0.25) is 0 Å². The molecule has 1 unspecified atom stereocenters. The molecule has 2 aliphatic heterocycles. The first-order valence-electron chi connectivity index (χ1n) is 9.05. The number of hydrogen-bond donors (Lipinski definition) is 1. The van der Waals surface area contributed by atoms with Gasteiger partial charge in [-0.3, -0.25) is 4.79 Å². The normalized spacial score (nSPS) is 19.4. The van der Waals surface area contributed by atoms with E-state index in [9.17, 15) is 18.0 Å². The molecule has 1 aromatic carbocycles. The Balaban J connectivity index is 1.87. The zero-order valence-electron chi connectivity index (χ0n) is 15.4. The zero-order valence-corrected chi connectivity index (χ0v) is 16.9. The van der Waals surface area contributed by atoms with Crippen LogP contribution in [-0.4, -0.2) is 33.7 Å². The van der Waals surface area contributed by atoms with E-state index in [2.05, 4.69) is 10.4 Å². The molecule has 0 bridgehead atoms. The second-order valence-corrected chi connectivity index (χ2v) is 7.91.